The van der Waals surface area contributed by atoms with Crippen molar-refractivity contribution >= 4 is 0 Å². The van der Waals surface area contributed by atoms with Gasteiger partial charge in [-0.05, 0) is 19.4 Å². The van der Waals surface area contributed by atoms with Crippen LogP contribution in [0.5, 0.6) is 0 Å². The van der Waals surface area contributed by atoms with Gasteiger partial charge in [0.25, 0.3) is 0 Å². The van der Waals surface area contributed by atoms with Crippen LogP contribution in [0.1, 0.15) is 19.4 Å². The molecule has 0 aliphatic heterocycles. The van der Waals surface area contributed by atoms with Crippen LogP contribution in [0.3, 0.4) is 0 Å². The summed E-state index contributed by atoms with van der Waals surface area (Å²) in [7, 11) is 0. The highest BCUT2D eigenvalue weighted by Gasteiger charge is 2.31. The molecule has 0 aliphatic rings. The van der Waals surface area contributed by atoms with Gasteiger partial charge in [0, 0.05) is 0 Å². The zero-order chi connectivity index (χ0) is 9.90. The predicted octanol–water partition coefficient (Wildman–Crippen LogP) is 1.85. The summed E-state index contributed by atoms with van der Waals surface area (Å²) >= 11 is 0. The molecule has 1 N–H and O–H groups in total. The monoisotopic (exact) mass is 175 g/mol. The number of aliphatic hydroxyl groups excluding tert-OH is 1. The Bertz CT molecular complexity index is 313. The summed E-state index contributed by atoms with van der Waals surface area (Å²) in [5.41, 5.74) is 0.0499. The molecule has 1 aromatic carbocycles. The molecule has 68 valence electrons. The molecule has 0 amide bonds. The van der Waals surface area contributed by atoms with Crippen molar-refractivity contribution in [2.24, 2.45) is 0 Å². The van der Waals surface area contributed by atoms with Crippen molar-refractivity contribution in [2.45, 2.75) is 25.4 Å². The molecule has 13 heavy (non-hydrogen) atoms. The van der Waals surface area contributed by atoms with E-state index in [1.807, 2.05) is 30.3 Å². The Balaban J connectivity index is 3.13. The molecule has 0 radical (unpaired) electrons. The minimum atomic E-state index is -0.804. The van der Waals surface area contributed by atoms with Crippen molar-refractivity contribution in [1.82, 2.24) is 0 Å². The van der Waals surface area contributed by atoms with Crippen LogP contribution in [0.4, 0.5) is 0 Å². The average Bonchev–Trinajstić information content (AvgIpc) is 2.17. The van der Waals surface area contributed by atoms with Gasteiger partial charge >= 0.3 is 0 Å². The maximum Gasteiger partial charge on any atom is 0.105 e. The fourth-order valence-electron chi connectivity index (χ4n) is 1.18. The summed E-state index contributed by atoms with van der Waals surface area (Å²) in [6.07, 6.45) is -0.667. The van der Waals surface area contributed by atoms with E-state index in [0.29, 0.717) is 0 Å². The van der Waals surface area contributed by atoms with Crippen LogP contribution < -0.4 is 0 Å². The lowest BCUT2D eigenvalue weighted by Crippen LogP contribution is -2.32. The molecule has 0 fully saturated rings. The molecule has 0 bridgehead atoms. The second-order valence-electron chi connectivity index (χ2n) is 3.36. The van der Waals surface area contributed by atoms with Crippen LogP contribution in [0.2, 0.25) is 0 Å². The fraction of sp³-hybridized carbons (Fsp3) is 0.364. The third-order valence-corrected chi connectivity index (χ3v) is 2.44. The van der Waals surface area contributed by atoms with Crippen LogP contribution in [0, 0.1) is 11.3 Å². The van der Waals surface area contributed by atoms with E-state index in [1.54, 1.807) is 13.8 Å². The molecule has 2 nitrogen and oxygen atoms in total. The SMILES string of the molecule is CC(O)C(C)(C#N)c1ccccc1. The zero-order valence-electron chi connectivity index (χ0n) is 7.86. The Kier molecular flexibility index (Phi) is 2.69. The minimum Gasteiger partial charge on any atom is -0.391 e. The van der Waals surface area contributed by atoms with Gasteiger partial charge in [0.15, 0.2) is 0 Å². The van der Waals surface area contributed by atoms with E-state index in [4.69, 9.17) is 5.26 Å². The Labute approximate surface area is 78.4 Å². The van der Waals surface area contributed by atoms with Crippen molar-refractivity contribution < 1.29 is 5.11 Å². The Morgan fingerprint density at radius 1 is 1.38 bits per heavy atom. The van der Waals surface area contributed by atoms with Crippen LogP contribution in [-0.2, 0) is 5.41 Å². The van der Waals surface area contributed by atoms with E-state index in [9.17, 15) is 5.11 Å². The number of aliphatic hydroxyl groups is 1. The second-order valence-corrected chi connectivity index (χ2v) is 3.36. The molecule has 2 atom stereocenters. The van der Waals surface area contributed by atoms with Gasteiger partial charge in [0.1, 0.15) is 5.41 Å². The number of hydrogen-bond acceptors (Lipinski definition) is 2. The summed E-state index contributed by atoms with van der Waals surface area (Å²) in [4.78, 5) is 0. The number of benzene rings is 1. The first-order chi connectivity index (χ1) is 6.11. The smallest absolute Gasteiger partial charge is 0.105 e. The molecular weight excluding hydrogens is 162 g/mol. The maximum absolute atomic E-state index is 9.50. The van der Waals surface area contributed by atoms with Crippen LogP contribution in [0.15, 0.2) is 30.3 Å². The molecule has 0 saturated heterocycles. The topological polar surface area (TPSA) is 44.0 Å². The van der Waals surface area contributed by atoms with Crippen molar-refractivity contribution in [3.8, 4) is 6.07 Å². The Morgan fingerprint density at radius 2 is 1.92 bits per heavy atom. The molecule has 0 aromatic heterocycles. The second kappa shape index (κ2) is 3.59. The van der Waals surface area contributed by atoms with Crippen molar-refractivity contribution in [1.29, 1.82) is 5.26 Å². The third-order valence-electron chi connectivity index (χ3n) is 2.44. The van der Waals surface area contributed by atoms with Crippen molar-refractivity contribution in [3.05, 3.63) is 35.9 Å². The van der Waals surface area contributed by atoms with Gasteiger partial charge in [-0.3, -0.25) is 0 Å². The summed E-state index contributed by atoms with van der Waals surface area (Å²) in [5, 5.41) is 18.5. The number of nitrogens with zero attached hydrogens (tertiary/aromatic N) is 1. The first-order valence-corrected chi connectivity index (χ1v) is 4.26. The van der Waals surface area contributed by atoms with E-state index >= 15 is 0 Å². The van der Waals surface area contributed by atoms with Gasteiger partial charge in [-0.15, -0.1) is 0 Å². The predicted molar refractivity (Wildman–Crippen MR) is 51.1 cm³/mol. The standard InChI is InChI=1S/C11H13NO/c1-9(13)11(2,8-12)10-6-4-3-5-7-10/h3-7,9,13H,1-2H3. The molecule has 0 heterocycles. The molecule has 2 unspecified atom stereocenters. The van der Waals surface area contributed by atoms with E-state index in [-0.39, 0.29) is 0 Å². The minimum absolute atomic E-state index is 0.667. The molecule has 1 aromatic rings. The number of hydrogen-bond donors (Lipinski definition) is 1. The van der Waals surface area contributed by atoms with Crippen LogP contribution in [-0.4, -0.2) is 11.2 Å². The summed E-state index contributed by atoms with van der Waals surface area (Å²) < 4.78 is 0. The van der Waals surface area contributed by atoms with E-state index in [0.717, 1.165) is 5.56 Å². The lowest BCUT2D eigenvalue weighted by Gasteiger charge is -2.25. The number of nitriles is 1. The highest BCUT2D eigenvalue weighted by molar-refractivity contribution is 5.32. The normalized spacial score (nSPS) is 17.1. The van der Waals surface area contributed by atoms with Gasteiger partial charge in [-0.1, -0.05) is 30.3 Å². The molecule has 1 rings (SSSR count). The third kappa shape index (κ3) is 1.71. The molecule has 0 aliphatic carbocycles. The Hall–Kier alpha value is -1.33. The van der Waals surface area contributed by atoms with Gasteiger partial charge < -0.3 is 5.11 Å². The summed E-state index contributed by atoms with van der Waals surface area (Å²) in [5.74, 6) is 0. The first-order valence-electron chi connectivity index (χ1n) is 4.26. The molecule has 0 spiro atoms. The van der Waals surface area contributed by atoms with E-state index in [2.05, 4.69) is 6.07 Å². The lowest BCUT2D eigenvalue weighted by molar-refractivity contribution is 0.137. The summed E-state index contributed by atoms with van der Waals surface area (Å²) in [6.45, 7) is 3.38. The van der Waals surface area contributed by atoms with Gasteiger partial charge in [-0.25, -0.2) is 0 Å². The highest BCUT2D eigenvalue weighted by Crippen LogP contribution is 2.26. The zero-order valence-corrected chi connectivity index (χ0v) is 7.86. The quantitative estimate of drug-likeness (QED) is 0.745. The molecule has 0 saturated carbocycles. The fourth-order valence-corrected chi connectivity index (χ4v) is 1.18. The van der Waals surface area contributed by atoms with E-state index < -0.39 is 11.5 Å². The highest BCUT2D eigenvalue weighted by atomic mass is 16.3. The maximum atomic E-state index is 9.50. The molecular formula is C11H13NO. The van der Waals surface area contributed by atoms with Crippen molar-refractivity contribution in [2.75, 3.05) is 0 Å². The summed E-state index contributed by atoms with van der Waals surface area (Å²) in [6, 6.07) is 11.5. The van der Waals surface area contributed by atoms with Crippen LogP contribution >= 0.6 is 0 Å². The number of rotatable bonds is 2. The van der Waals surface area contributed by atoms with Gasteiger partial charge in [0.2, 0.25) is 0 Å². The van der Waals surface area contributed by atoms with Crippen molar-refractivity contribution in [3.63, 3.8) is 0 Å². The lowest BCUT2D eigenvalue weighted by atomic mass is 9.79. The molecule has 2 heteroatoms. The van der Waals surface area contributed by atoms with Gasteiger partial charge in [-0.2, -0.15) is 5.26 Å². The largest absolute Gasteiger partial charge is 0.391 e. The Morgan fingerprint density at radius 3 is 2.31 bits per heavy atom. The van der Waals surface area contributed by atoms with E-state index in [1.165, 1.54) is 0 Å². The average molecular weight is 175 g/mol. The van der Waals surface area contributed by atoms with Gasteiger partial charge in [0.05, 0.1) is 12.2 Å². The first kappa shape index (κ1) is 9.76. The van der Waals surface area contributed by atoms with Crippen LogP contribution in [0.25, 0.3) is 0 Å².